The van der Waals surface area contributed by atoms with E-state index in [2.05, 4.69) is 10.1 Å². The number of aromatic nitrogens is 3. The van der Waals surface area contributed by atoms with Crippen LogP contribution in [0.4, 0.5) is 10.3 Å². The molecule has 3 rings (SSSR count). The summed E-state index contributed by atoms with van der Waals surface area (Å²) in [4.78, 5) is 3.86. The van der Waals surface area contributed by atoms with E-state index in [1.165, 1.54) is 4.52 Å². The Morgan fingerprint density at radius 2 is 1.85 bits per heavy atom. The highest BCUT2D eigenvalue weighted by atomic mass is 19.1. The summed E-state index contributed by atoms with van der Waals surface area (Å²) in [6, 6.07) is 1.57. The molecule has 2 N–H and O–H groups in total. The zero-order valence-corrected chi connectivity index (χ0v) is 11.8. The molecule has 0 amide bonds. The molecule has 0 radical (unpaired) electrons. The maximum absolute atomic E-state index is 14.5. The Bertz CT molecular complexity index is 669. The summed E-state index contributed by atoms with van der Waals surface area (Å²) >= 11 is 0. The quantitative estimate of drug-likeness (QED) is 0.779. The number of nitrogen functional groups attached to an aromatic ring is 1. The summed E-state index contributed by atoms with van der Waals surface area (Å²) in [7, 11) is -0.775. The van der Waals surface area contributed by atoms with Crippen LogP contribution in [0.2, 0.25) is 0 Å². The Balaban J connectivity index is 2.06. The van der Waals surface area contributed by atoms with Gasteiger partial charge in [-0.2, -0.15) is 4.98 Å². The van der Waals surface area contributed by atoms with Gasteiger partial charge in [-0.3, -0.25) is 0 Å². The van der Waals surface area contributed by atoms with Gasteiger partial charge in [0.15, 0.2) is 11.5 Å². The Labute approximate surface area is 116 Å². The fourth-order valence-corrected chi connectivity index (χ4v) is 2.10. The number of hydrogen-bond acceptors (Lipinski definition) is 5. The van der Waals surface area contributed by atoms with Gasteiger partial charge < -0.3 is 15.0 Å². The molecule has 1 aliphatic rings. The number of pyridine rings is 1. The van der Waals surface area contributed by atoms with Crippen LogP contribution < -0.4 is 11.2 Å². The molecule has 0 bridgehead atoms. The molecule has 1 aliphatic heterocycles. The van der Waals surface area contributed by atoms with Crippen LogP contribution in [0.5, 0.6) is 0 Å². The lowest BCUT2D eigenvalue weighted by Crippen LogP contribution is -2.41. The minimum Gasteiger partial charge on any atom is -0.399 e. The lowest BCUT2D eigenvalue weighted by atomic mass is 9.79. The molecule has 0 unspecified atom stereocenters. The van der Waals surface area contributed by atoms with Crippen LogP contribution in [0, 0.1) is 5.82 Å². The summed E-state index contributed by atoms with van der Waals surface area (Å²) in [6.07, 6.45) is 1.59. The highest BCUT2D eigenvalue weighted by molar-refractivity contribution is 6.62. The van der Waals surface area contributed by atoms with Crippen LogP contribution in [-0.2, 0) is 9.31 Å². The minimum absolute atomic E-state index is 0.0231. The fourth-order valence-electron chi connectivity index (χ4n) is 2.10. The molecule has 0 atom stereocenters. The molecule has 1 fully saturated rings. The number of nitrogens with zero attached hydrogens (tertiary/aromatic N) is 3. The maximum atomic E-state index is 14.5. The molecule has 0 spiro atoms. The monoisotopic (exact) mass is 278 g/mol. The van der Waals surface area contributed by atoms with Crippen molar-refractivity contribution in [3.05, 3.63) is 18.1 Å². The van der Waals surface area contributed by atoms with Crippen molar-refractivity contribution in [1.82, 2.24) is 14.6 Å². The van der Waals surface area contributed by atoms with Gasteiger partial charge in [0, 0.05) is 11.7 Å². The Morgan fingerprint density at radius 1 is 1.25 bits per heavy atom. The van der Waals surface area contributed by atoms with Crippen LogP contribution in [-0.4, -0.2) is 32.9 Å². The van der Waals surface area contributed by atoms with Gasteiger partial charge in [-0.15, -0.1) is 5.10 Å². The molecule has 0 aliphatic carbocycles. The summed E-state index contributed by atoms with van der Waals surface area (Å²) in [5, 5.41) is 3.86. The maximum Gasteiger partial charge on any atom is 0.498 e. The molecule has 106 valence electrons. The molecular weight excluding hydrogens is 262 g/mol. The van der Waals surface area contributed by atoms with Crippen molar-refractivity contribution in [3.63, 3.8) is 0 Å². The topological polar surface area (TPSA) is 74.7 Å². The molecule has 8 heteroatoms. The molecule has 0 saturated carbocycles. The lowest BCUT2D eigenvalue weighted by Gasteiger charge is -2.32. The number of halogens is 1. The van der Waals surface area contributed by atoms with E-state index in [1.807, 2.05) is 27.7 Å². The summed E-state index contributed by atoms with van der Waals surface area (Å²) in [6.45, 7) is 7.66. The standard InChI is InChI=1S/C12H16BFN4O2/c1-11(2)12(3,4)20-13(19-11)7-5-6-18-9(8(7)14)16-10(15)17-18/h5-6H,1-4H3,(H2,15,17). The average Bonchev–Trinajstić information content (AvgIpc) is 2.78. The predicted molar refractivity (Wildman–Crippen MR) is 73.1 cm³/mol. The largest absolute Gasteiger partial charge is 0.498 e. The van der Waals surface area contributed by atoms with E-state index >= 15 is 0 Å². The van der Waals surface area contributed by atoms with Crippen LogP contribution >= 0.6 is 0 Å². The van der Waals surface area contributed by atoms with Crippen LogP contribution in [0.3, 0.4) is 0 Å². The SMILES string of the molecule is CC1(C)OB(c2ccn3nc(N)nc3c2F)OC1(C)C. The first kappa shape index (κ1) is 13.3. The van der Waals surface area contributed by atoms with Crippen molar-refractivity contribution in [1.29, 1.82) is 0 Å². The van der Waals surface area contributed by atoms with E-state index in [1.54, 1.807) is 12.3 Å². The van der Waals surface area contributed by atoms with E-state index < -0.39 is 24.1 Å². The Morgan fingerprint density at radius 3 is 2.45 bits per heavy atom. The molecule has 6 nitrogen and oxygen atoms in total. The van der Waals surface area contributed by atoms with Crippen molar-refractivity contribution in [2.45, 2.75) is 38.9 Å². The molecular formula is C12H16BFN4O2. The summed E-state index contributed by atoms with van der Waals surface area (Å²) < 4.78 is 27.5. The molecule has 0 aromatic carbocycles. The first-order valence-electron chi connectivity index (χ1n) is 6.37. The number of hydrogen-bond donors (Lipinski definition) is 1. The van der Waals surface area contributed by atoms with Gasteiger partial charge in [-0.25, -0.2) is 8.91 Å². The molecule has 3 heterocycles. The second-order valence-corrected chi connectivity index (χ2v) is 5.91. The van der Waals surface area contributed by atoms with E-state index in [0.29, 0.717) is 5.46 Å². The molecule has 20 heavy (non-hydrogen) atoms. The van der Waals surface area contributed by atoms with E-state index in [9.17, 15) is 4.39 Å². The third-order valence-electron chi connectivity index (χ3n) is 4.00. The second kappa shape index (κ2) is 3.92. The van der Waals surface area contributed by atoms with Crippen molar-refractivity contribution in [2.24, 2.45) is 0 Å². The zero-order chi connectivity index (χ0) is 14.7. The van der Waals surface area contributed by atoms with Crippen molar-refractivity contribution in [2.75, 3.05) is 5.73 Å². The smallest absolute Gasteiger partial charge is 0.399 e. The average molecular weight is 278 g/mol. The number of fused-ring (bicyclic) bond motifs is 1. The molecule has 1 saturated heterocycles. The summed E-state index contributed by atoms with van der Waals surface area (Å²) in [5.41, 5.74) is 4.79. The van der Waals surface area contributed by atoms with Gasteiger partial charge in [0.2, 0.25) is 5.95 Å². The van der Waals surface area contributed by atoms with Crippen molar-refractivity contribution in [3.8, 4) is 0 Å². The zero-order valence-electron chi connectivity index (χ0n) is 11.8. The van der Waals surface area contributed by atoms with E-state index in [4.69, 9.17) is 15.0 Å². The molecule has 2 aromatic heterocycles. The van der Waals surface area contributed by atoms with Crippen molar-refractivity contribution < 1.29 is 13.7 Å². The van der Waals surface area contributed by atoms with Crippen molar-refractivity contribution >= 4 is 24.2 Å². The normalized spacial score (nSPS) is 20.8. The van der Waals surface area contributed by atoms with E-state index in [-0.39, 0.29) is 11.6 Å². The highest BCUT2D eigenvalue weighted by Gasteiger charge is 2.52. The van der Waals surface area contributed by atoms with Gasteiger partial charge in [-0.1, -0.05) is 0 Å². The van der Waals surface area contributed by atoms with Gasteiger partial charge in [0.05, 0.1) is 11.2 Å². The van der Waals surface area contributed by atoms with Crippen LogP contribution in [0.25, 0.3) is 5.65 Å². The number of anilines is 1. The first-order valence-corrected chi connectivity index (χ1v) is 6.37. The highest BCUT2D eigenvalue weighted by Crippen LogP contribution is 2.36. The summed E-state index contributed by atoms with van der Waals surface area (Å²) in [5.74, 6) is -0.509. The fraction of sp³-hybridized carbons (Fsp3) is 0.500. The first-order chi connectivity index (χ1) is 9.21. The van der Waals surface area contributed by atoms with Gasteiger partial charge in [0.1, 0.15) is 0 Å². The number of nitrogens with two attached hydrogens (primary N) is 1. The lowest BCUT2D eigenvalue weighted by molar-refractivity contribution is 0.00578. The molecule has 2 aromatic rings. The predicted octanol–water partition coefficient (Wildman–Crippen LogP) is 0.750. The van der Waals surface area contributed by atoms with E-state index in [0.717, 1.165) is 0 Å². The Hall–Kier alpha value is -1.67. The van der Waals surface area contributed by atoms with Crippen LogP contribution in [0.1, 0.15) is 27.7 Å². The minimum atomic E-state index is -0.775. The van der Waals surface area contributed by atoms with Gasteiger partial charge in [0.25, 0.3) is 0 Å². The third-order valence-corrected chi connectivity index (χ3v) is 4.00. The second-order valence-electron chi connectivity index (χ2n) is 5.91. The number of rotatable bonds is 1. The van der Waals surface area contributed by atoms with Gasteiger partial charge >= 0.3 is 7.12 Å². The van der Waals surface area contributed by atoms with Crippen LogP contribution in [0.15, 0.2) is 12.3 Å². The Kier molecular flexibility index (Phi) is 2.61. The third kappa shape index (κ3) is 1.79. The van der Waals surface area contributed by atoms with Gasteiger partial charge in [-0.05, 0) is 33.8 Å².